The molecule has 1 aliphatic rings. The average Bonchev–Trinajstić information content (AvgIpc) is 3.19. The van der Waals surface area contributed by atoms with Crippen LogP contribution in [0.4, 0.5) is 0 Å². The highest BCUT2D eigenvalue weighted by Gasteiger charge is 2.28. The lowest BCUT2D eigenvalue weighted by molar-refractivity contribution is -0.149. The summed E-state index contributed by atoms with van der Waals surface area (Å²) in [5.41, 5.74) is 1.23. The summed E-state index contributed by atoms with van der Waals surface area (Å²) in [5, 5.41) is 3.36. The molecule has 0 amide bonds. The highest BCUT2D eigenvalue weighted by Crippen LogP contribution is 2.18. The Kier molecular flexibility index (Phi) is 7.67. The molecule has 0 spiro atoms. The number of aliphatic imine (C=N–C) groups is 1. The molecule has 1 unspecified atom stereocenters. The van der Waals surface area contributed by atoms with Gasteiger partial charge in [-0.05, 0) is 32.3 Å². The Bertz CT molecular complexity index is 803. The average molecular weight is 398 g/mol. The minimum atomic E-state index is -0.105. The van der Waals surface area contributed by atoms with Crippen LogP contribution in [0.1, 0.15) is 38.1 Å². The number of imidazole rings is 1. The lowest BCUT2D eigenvalue weighted by Gasteiger charge is -2.34. The van der Waals surface area contributed by atoms with E-state index >= 15 is 0 Å². The quantitative estimate of drug-likeness (QED) is 0.442. The molecule has 7 nitrogen and oxygen atoms in total. The van der Waals surface area contributed by atoms with Crippen LogP contribution in [0.5, 0.6) is 0 Å². The van der Waals surface area contributed by atoms with E-state index in [0.717, 1.165) is 44.3 Å². The van der Waals surface area contributed by atoms with Crippen LogP contribution in [0.2, 0.25) is 0 Å². The molecule has 0 aliphatic carbocycles. The Morgan fingerprint density at radius 1 is 1.31 bits per heavy atom. The van der Waals surface area contributed by atoms with Crippen LogP contribution in [0.25, 0.3) is 0 Å². The van der Waals surface area contributed by atoms with Crippen LogP contribution in [0.15, 0.2) is 47.7 Å². The van der Waals surface area contributed by atoms with Crippen molar-refractivity contribution in [1.29, 1.82) is 0 Å². The lowest BCUT2D eigenvalue weighted by atomic mass is 9.98. The standard InChI is InChI=1S/C22H31N5O2/c1-3-23-22(27-13-8-11-19(17-27)21(28)29-4-2)25-15-20-24-12-14-26(20)16-18-9-6-5-7-10-18/h5-7,9-10,12,14,19H,3-4,8,11,13,15-17H2,1-2H3,(H,23,25). The van der Waals surface area contributed by atoms with Gasteiger partial charge in [0.05, 0.1) is 12.5 Å². The smallest absolute Gasteiger partial charge is 0.310 e. The van der Waals surface area contributed by atoms with E-state index in [1.54, 1.807) is 0 Å². The van der Waals surface area contributed by atoms with E-state index in [2.05, 4.69) is 38.8 Å². The largest absolute Gasteiger partial charge is 0.466 e. The Morgan fingerprint density at radius 2 is 2.14 bits per heavy atom. The van der Waals surface area contributed by atoms with E-state index in [4.69, 9.17) is 9.73 Å². The van der Waals surface area contributed by atoms with Crippen molar-refractivity contribution in [2.75, 3.05) is 26.2 Å². The zero-order valence-corrected chi connectivity index (χ0v) is 17.4. The van der Waals surface area contributed by atoms with Crippen LogP contribution in [-0.2, 0) is 22.6 Å². The number of likely N-dealkylation sites (tertiary alicyclic amines) is 1. The topological polar surface area (TPSA) is 71.8 Å². The second-order valence-electron chi connectivity index (χ2n) is 7.16. The first-order valence-corrected chi connectivity index (χ1v) is 10.4. The van der Waals surface area contributed by atoms with Gasteiger partial charge in [-0.1, -0.05) is 30.3 Å². The zero-order valence-electron chi connectivity index (χ0n) is 17.4. The van der Waals surface area contributed by atoms with E-state index in [1.807, 2.05) is 37.5 Å². The summed E-state index contributed by atoms with van der Waals surface area (Å²) in [5.74, 6) is 1.55. The summed E-state index contributed by atoms with van der Waals surface area (Å²) >= 11 is 0. The molecule has 1 aliphatic heterocycles. The summed E-state index contributed by atoms with van der Waals surface area (Å²) in [7, 11) is 0. The van der Waals surface area contributed by atoms with E-state index in [0.29, 0.717) is 19.7 Å². The SMILES string of the molecule is CCNC(=NCc1nccn1Cc1ccccc1)N1CCCC(C(=O)OCC)C1. The number of rotatable bonds is 7. The third kappa shape index (κ3) is 5.82. The molecule has 1 aromatic carbocycles. The fraction of sp³-hybridized carbons (Fsp3) is 0.500. The molecular formula is C22H31N5O2. The van der Waals surface area contributed by atoms with Crippen molar-refractivity contribution in [3.8, 4) is 0 Å². The molecule has 1 atom stereocenters. The molecule has 2 heterocycles. The molecule has 7 heteroatoms. The van der Waals surface area contributed by atoms with E-state index < -0.39 is 0 Å². The van der Waals surface area contributed by atoms with Crippen LogP contribution < -0.4 is 5.32 Å². The molecule has 2 aromatic rings. The molecule has 156 valence electrons. The van der Waals surface area contributed by atoms with Gasteiger partial charge in [0.2, 0.25) is 0 Å². The Labute approximate surface area is 172 Å². The number of benzene rings is 1. The van der Waals surface area contributed by atoms with Crippen LogP contribution in [-0.4, -0.2) is 52.6 Å². The Balaban J connectivity index is 1.68. The number of nitrogens with zero attached hydrogens (tertiary/aromatic N) is 4. The minimum absolute atomic E-state index is 0.0902. The first-order chi connectivity index (χ1) is 14.2. The van der Waals surface area contributed by atoms with Gasteiger partial charge < -0.3 is 19.5 Å². The van der Waals surface area contributed by atoms with E-state index in [1.165, 1.54) is 5.56 Å². The number of carbonyl (C=O) groups is 1. The van der Waals surface area contributed by atoms with Gasteiger partial charge in [0.15, 0.2) is 5.96 Å². The fourth-order valence-corrected chi connectivity index (χ4v) is 3.61. The van der Waals surface area contributed by atoms with Crippen molar-refractivity contribution in [3.05, 3.63) is 54.1 Å². The predicted molar refractivity (Wildman–Crippen MR) is 114 cm³/mol. The molecule has 29 heavy (non-hydrogen) atoms. The fourth-order valence-electron chi connectivity index (χ4n) is 3.61. The van der Waals surface area contributed by atoms with Gasteiger partial charge in [-0.15, -0.1) is 0 Å². The number of esters is 1. The number of guanidine groups is 1. The van der Waals surface area contributed by atoms with Gasteiger partial charge in [-0.3, -0.25) is 4.79 Å². The normalized spacial score (nSPS) is 17.2. The molecule has 1 fully saturated rings. The first kappa shape index (κ1) is 20.9. The van der Waals surface area contributed by atoms with Crippen LogP contribution >= 0.6 is 0 Å². The van der Waals surface area contributed by atoms with Gasteiger partial charge in [-0.2, -0.15) is 0 Å². The highest BCUT2D eigenvalue weighted by molar-refractivity contribution is 5.81. The van der Waals surface area contributed by atoms with E-state index in [9.17, 15) is 4.79 Å². The molecule has 0 bridgehead atoms. The number of hydrogen-bond acceptors (Lipinski definition) is 4. The van der Waals surface area contributed by atoms with Crippen LogP contribution in [0, 0.1) is 5.92 Å². The maximum Gasteiger partial charge on any atom is 0.310 e. The monoisotopic (exact) mass is 397 g/mol. The van der Waals surface area contributed by atoms with Crippen molar-refractivity contribution in [1.82, 2.24) is 19.8 Å². The van der Waals surface area contributed by atoms with Crippen molar-refractivity contribution >= 4 is 11.9 Å². The molecule has 1 N–H and O–H groups in total. The number of nitrogens with one attached hydrogen (secondary N) is 1. The third-order valence-corrected chi connectivity index (χ3v) is 5.04. The first-order valence-electron chi connectivity index (χ1n) is 10.4. The van der Waals surface area contributed by atoms with Gasteiger partial charge >= 0.3 is 5.97 Å². The van der Waals surface area contributed by atoms with Crippen molar-refractivity contribution in [2.45, 2.75) is 39.8 Å². The summed E-state index contributed by atoms with van der Waals surface area (Å²) < 4.78 is 7.35. The van der Waals surface area contributed by atoms with Gasteiger partial charge in [0, 0.05) is 38.6 Å². The summed E-state index contributed by atoms with van der Waals surface area (Å²) in [6.45, 7) is 7.90. The number of carbonyl (C=O) groups excluding carboxylic acids is 1. The molecule has 1 aromatic heterocycles. The molecule has 3 rings (SSSR count). The van der Waals surface area contributed by atoms with Crippen molar-refractivity contribution < 1.29 is 9.53 Å². The Hall–Kier alpha value is -2.83. The molecule has 0 radical (unpaired) electrons. The number of piperidine rings is 1. The molecule has 1 saturated heterocycles. The number of aromatic nitrogens is 2. The predicted octanol–water partition coefficient (Wildman–Crippen LogP) is 2.67. The molecule has 0 saturated carbocycles. The second kappa shape index (κ2) is 10.6. The maximum absolute atomic E-state index is 12.2. The number of ether oxygens (including phenoxy) is 1. The highest BCUT2D eigenvalue weighted by atomic mass is 16.5. The summed E-state index contributed by atoms with van der Waals surface area (Å²) in [6, 6.07) is 10.3. The minimum Gasteiger partial charge on any atom is -0.466 e. The lowest BCUT2D eigenvalue weighted by Crippen LogP contribution is -2.48. The van der Waals surface area contributed by atoms with Crippen LogP contribution in [0.3, 0.4) is 0 Å². The van der Waals surface area contributed by atoms with Gasteiger partial charge in [-0.25, -0.2) is 9.98 Å². The second-order valence-corrected chi connectivity index (χ2v) is 7.16. The van der Waals surface area contributed by atoms with Gasteiger partial charge in [0.25, 0.3) is 0 Å². The van der Waals surface area contributed by atoms with Gasteiger partial charge in [0.1, 0.15) is 12.4 Å². The maximum atomic E-state index is 12.2. The molecular weight excluding hydrogens is 366 g/mol. The van der Waals surface area contributed by atoms with Crippen molar-refractivity contribution in [3.63, 3.8) is 0 Å². The number of hydrogen-bond donors (Lipinski definition) is 1. The van der Waals surface area contributed by atoms with Crippen molar-refractivity contribution in [2.24, 2.45) is 10.9 Å². The zero-order chi connectivity index (χ0) is 20.5. The Morgan fingerprint density at radius 3 is 2.90 bits per heavy atom. The summed E-state index contributed by atoms with van der Waals surface area (Å²) in [4.78, 5) is 23.6. The van der Waals surface area contributed by atoms with E-state index in [-0.39, 0.29) is 11.9 Å². The third-order valence-electron chi connectivity index (χ3n) is 5.04. The summed E-state index contributed by atoms with van der Waals surface area (Å²) in [6.07, 6.45) is 5.63.